The third-order valence-electron chi connectivity index (χ3n) is 11.0. The average molecular weight is 621 g/mol. The summed E-state index contributed by atoms with van der Waals surface area (Å²) >= 11 is 0. The molecule has 0 radical (unpaired) electrons. The van der Waals surface area contributed by atoms with E-state index < -0.39 is 11.6 Å². The Balaban J connectivity index is 1.26. The first-order valence-corrected chi connectivity index (χ1v) is 16.2. The summed E-state index contributed by atoms with van der Waals surface area (Å²) in [7, 11) is 0. The van der Waals surface area contributed by atoms with Gasteiger partial charge in [-0.1, -0.05) is 42.3 Å². The van der Waals surface area contributed by atoms with Crippen molar-refractivity contribution in [2.45, 2.75) is 68.8 Å². The number of nitrogens with zero attached hydrogens (tertiary/aromatic N) is 5. The van der Waals surface area contributed by atoms with E-state index in [1.165, 1.54) is 6.07 Å². The first-order chi connectivity index (χ1) is 22.4. The second kappa shape index (κ2) is 10.1. The first-order valence-electron chi connectivity index (χ1n) is 16.2. The molecule has 0 spiro atoms. The maximum atomic E-state index is 17.1. The van der Waals surface area contributed by atoms with Crippen molar-refractivity contribution in [1.29, 1.82) is 0 Å². The van der Waals surface area contributed by atoms with Gasteiger partial charge < -0.3 is 19.7 Å². The molecule has 234 valence electrons. The fourth-order valence-electron chi connectivity index (χ4n) is 8.84. The quantitative estimate of drug-likeness (QED) is 0.241. The Morgan fingerprint density at radius 3 is 2.91 bits per heavy atom. The topological polar surface area (TPSA) is 75.6 Å². The van der Waals surface area contributed by atoms with Crippen LogP contribution in [0.4, 0.5) is 14.6 Å². The number of fused-ring (bicyclic) bond motifs is 7. The summed E-state index contributed by atoms with van der Waals surface area (Å²) in [4.78, 5) is 19.2. The van der Waals surface area contributed by atoms with Crippen LogP contribution in [0.25, 0.3) is 32.9 Å². The zero-order valence-corrected chi connectivity index (χ0v) is 25.7. The fourth-order valence-corrected chi connectivity index (χ4v) is 8.84. The highest BCUT2D eigenvalue weighted by Crippen LogP contribution is 2.46. The minimum atomic E-state index is -0.661. The van der Waals surface area contributed by atoms with Crippen LogP contribution in [0, 0.1) is 24.0 Å². The minimum absolute atomic E-state index is 0.0118. The molecule has 2 bridgehead atoms. The van der Waals surface area contributed by atoms with E-state index in [9.17, 15) is 4.39 Å². The normalized spacial score (nSPS) is 28.2. The third kappa shape index (κ3) is 3.88. The van der Waals surface area contributed by atoms with Gasteiger partial charge in [0.15, 0.2) is 5.82 Å². The molecule has 8 nitrogen and oxygen atoms in total. The molecular formula is C36H34F2N6O2. The number of nitrogens with one attached hydrogen (secondary N) is 1. The average Bonchev–Trinajstić information content (AvgIpc) is 3.72. The van der Waals surface area contributed by atoms with Crippen molar-refractivity contribution in [2.75, 3.05) is 31.1 Å². The lowest BCUT2D eigenvalue weighted by Gasteiger charge is -2.42. The van der Waals surface area contributed by atoms with Crippen LogP contribution in [0.5, 0.6) is 11.9 Å². The van der Waals surface area contributed by atoms with E-state index in [4.69, 9.17) is 30.8 Å². The lowest BCUT2D eigenvalue weighted by molar-refractivity contribution is 0.130. The number of aromatic nitrogens is 3. The number of halogens is 2. The number of anilines is 1. The summed E-state index contributed by atoms with van der Waals surface area (Å²) in [5.41, 5.74) is 1.37. The zero-order valence-electron chi connectivity index (χ0n) is 25.7. The minimum Gasteiger partial charge on any atom is -0.472 e. The van der Waals surface area contributed by atoms with Gasteiger partial charge in [0.2, 0.25) is 5.88 Å². The fraction of sp³-hybridized carbons (Fsp3) is 0.417. The van der Waals surface area contributed by atoms with Crippen LogP contribution in [0.2, 0.25) is 0 Å². The van der Waals surface area contributed by atoms with E-state index in [2.05, 4.69) is 27.6 Å². The smallest absolute Gasteiger partial charge is 0.319 e. The summed E-state index contributed by atoms with van der Waals surface area (Å²) in [6, 6.07) is 8.81. The van der Waals surface area contributed by atoms with Crippen molar-refractivity contribution < 1.29 is 18.3 Å². The molecule has 1 N–H and O–H groups in total. The number of hydrogen-bond acceptors (Lipinski definition) is 8. The largest absolute Gasteiger partial charge is 0.472 e. The lowest BCUT2D eigenvalue weighted by atomic mass is 9.91. The molecule has 46 heavy (non-hydrogen) atoms. The molecule has 0 saturated carbocycles. The van der Waals surface area contributed by atoms with Crippen LogP contribution in [-0.2, 0) is 0 Å². The van der Waals surface area contributed by atoms with Crippen LogP contribution >= 0.6 is 0 Å². The predicted octanol–water partition coefficient (Wildman–Crippen LogP) is 5.37. The molecule has 10 heteroatoms. The van der Waals surface area contributed by atoms with Gasteiger partial charge >= 0.3 is 6.01 Å². The van der Waals surface area contributed by atoms with Crippen molar-refractivity contribution in [3.63, 3.8) is 0 Å². The molecule has 4 saturated heterocycles. The number of rotatable bonds is 4. The molecule has 2 aromatic carbocycles. The molecule has 5 aliphatic heterocycles. The summed E-state index contributed by atoms with van der Waals surface area (Å²) in [6.07, 6.45) is 10.5. The number of pyridine rings is 1. The first kappa shape index (κ1) is 27.9. The monoisotopic (exact) mass is 620 g/mol. The maximum Gasteiger partial charge on any atom is 0.319 e. The Morgan fingerprint density at radius 2 is 2.04 bits per heavy atom. The second-order valence-electron chi connectivity index (χ2n) is 13.4. The highest BCUT2D eigenvalue weighted by molar-refractivity contribution is 6.03. The van der Waals surface area contributed by atoms with Crippen LogP contribution in [0.15, 0.2) is 42.5 Å². The summed E-state index contributed by atoms with van der Waals surface area (Å²) in [5.74, 6) is 2.06. The van der Waals surface area contributed by atoms with E-state index >= 15 is 4.39 Å². The van der Waals surface area contributed by atoms with Crippen LogP contribution in [0.1, 0.15) is 44.6 Å². The highest BCUT2D eigenvalue weighted by atomic mass is 19.1. The molecule has 5 aliphatic rings. The highest BCUT2D eigenvalue weighted by Gasteiger charge is 2.49. The van der Waals surface area contributed by atoms with Crippen molar-refractivity contribution >= 4 is 27.5 Å². The standard InChI is InChI=1S/C36H34F2N6O2/c1-4-23-25(37)11-9-21-7-5-8-24(27(21)23)30-29(38)31-28-33(42-35(41-31)45-18-36-14-6-15-43(36)16-13-19(36)2)44-17-22-10-12-26(39-22)32(44)20(3)46-34(28)40-30/h1,5,7-9,11,20,22,26,32,39H,2,6,10,12-18H2,3H3/t20-,22+,26-,32+,36-/m0/s1. The van der Waals surface area contributed by atoms with Gasteiger partial charge in [-0.2, -0.15) is 9.97 Å². The predicted molar refractivity (Wildman–Crippen MR) is 172 cm³/mol. The van der Waals surface area contributed by atoms with Crippen LogP contribution in [0.3, 0.4) is 0 Å². The maximum absolute atomic E-state index is 17.1. The van der Waals surface area contributed by atoms with Crippen molar-refractivity contribution in [1.82, 2.24) is 25.2 Å². The molecule has 5 atom stereocenters. The van der Waals surface area contributed by atoms with E-state index in [1.807, 2.05) is 13.0 Å². The van der Waals surface area contributed by atoms with Gasteiger partial charge in [0.05, 0.1) is 17.1 Å². The van der Waals surface area contributed by atoms with Crippen molar-refractivity contribution in [3.05, 3.63) is 59.7 Å². The molecule has 2 aromatic heterocycles. The van der Waals surface area contributed by atoms with Crippen LogP contribution in [-0.4, -0.2) is 75.9 Å². The van der Waals surface area contributed by atoms with E-state index in [0.29, 0.717) is 46.7 Å². The third-order valence-corrected chi connectivity index (χ3v) is 11.0. The number of hydrogen-bond donors (Lipinski definition) is 1. The van der Waals surface area contributed by atoms with Crippen molar-refractivity contribution in [3.8, 4) is 35.5 Å². The Kier molecular flexibility index (Phi) is 6.12. The SMILES string of the molecule is C#Cc1c(F)ccc2cccc(-c3nc4c5c(nc(OC[C@]67CCCN6CCC7=C)nc5c3F)N3C[C@H]5CC[C@H](N5)[C@H]3[C@H](C)O4)c12. The molecule has 7 heterocycles. The van der Waals surface area contributed by atoms with Gasteiger partial charge in [-0.05, 0) is 57.0 Å². The molecule has 4 aromatic rings. The van der Waals surface area contributed by atoms with E-state index in [-0.39, 0.29) is 52.4 Å². The summed E-state index contributed by atoms with van der Waals surface area (Å²) in [5, 5.41) is 5.24. The number of benzene rings is 2. The number of piperazine rings is 1. The van der Waals surface area contributed by atoms with Gasteiger partial charge in [-0.3, -0.25) is 4.90 Å². The Bertz CT molecular complexity index is 2010. The molecule has 0 amide bonds. The number of ether oxygens (including phenoxy) is 2. The molecule has 0 aliphatic carbocycles. The number of terminal acetylenes is 1. The molecule has 9 rings (SSSR count). The summed E-state index contributed by atoms with van der Waals surface area (Å²) < 4.78 is 45.1. The van der Waals surface area contributed by atoms with Gasteiger partial charge in [0, 0.05) is 36.1 Å². The van der Waals surface area contributed by atoms with Crippen LogP contribution < -0.4 is 19.7 Å². The molecular weight excluding hydrogens is 586 g/mol. The van der Waals surface area contributed by atoms with Gasteiger partial charge in [-0.25, -0.2) is 13.8 Å². The van der Waals surface area contributed by atoms with Gasteiger partial charge in [0.25, 0.3) is 0 Å². The van der Waals surface area contributed by atoms with E-state index in [1.54, 1.807) is 18.2 Å². The van der Waals surface area contributed by atoms with Crippen molar-refractivity contribution in [2.24, 2.45) is 0 Å². The molecule has 0 unspecified atom stereocenters. The lowest BCUT2D eigenvalue weighted by Crippen LogP contribution is -2.62. The zero-order chi connectivity index (χ0) is 31.3. The second-order valence-corrected chi connectivity index (χ2v) is 13.4. The summed E-state index contributed by atoms with van der Waals surface area (Å²) in [6.45, 7) is 9.42. The Labute approximate surface area is 265 Å². The van der Waals surface area contributed by atoms with Gasteiger partial charge in [0.1, 0.15) is 40.9 Å². The Morgan fingerprint density at radius 1 is 1.15 bits per heavy atom. The molecule has 4 fully saturated rings. The van der Waals surface area contributed by atoms with Gasteiger partial charge in [-0.15, -0.1) is 6.42 Å². The van der Waals surface area contributed by atoms with E-state index in [0.717, 1.165) is 50.8 Å². The Hall–Kier alpha value is -4.33.